The molecular weight excluding hydrogens is 320 g/mol. The number of aliphatic hydroxyl groups is 1. The van der Waals surface area contributed by atoms with Crippen LogP contribution in [0.1, 0.15) is 54.4 Å². The summed E-state index contributed by atoms with van der Waals surface area (Å²) in [5.41, 5.74) is 1.75. The molecule has 25 heavy (non-hydrogen) atoms. The van der Waals surface area contributed by atoms with E-state index in [1.165, 1.54) is 0 Å². The highest BCUT2D eigenvalue weighted by Crippen LogP contribution is 2.25. The number of amides is 1. The summed E-state index contributed by atoms with van der Waals surface area (Å²) in [6.45, 7) is 3.67. The fourth-order valence-electron chi connectivity index (χ4n) is 3.15. The van der Waals surface area contributed by atoms with Crippen LogP contribution < -0.4 is 10.1 Å². The number of ether oxygens (including phenoxy) is 1. The van der Waals surface area contributed by atoms with Crippen LogP contribution in [-0.4, -0.2) is 28.4 Å². The Labute approximate surface area is 147 Å². The zero-order valence-electron chi connectivity index (χ0n) is 14.6. The smallest absolute Gasteiger partial charge is 0.261 e. The number of aryl methyl sites for hydroxylation is 2. The molecule has 0 radical (unpaired) electrons. The molecule has 3 rings (SSSR count). The van der Waals surface area contributed by atoms with Crippen molar-refractivity contribution in [1.29, 1.82) is 0 Å². The normalized spacial score (nSPS) is 20.3. The lowest BCUT2D eigenvalue weighted by Gasteiger charge is -2.28. The molecule has 1 fully saturated rings. The first-order chi connectivity index (χ1) is 12.1. The van der Waals surface area contributed by atoms with Crippen LogP contribution in [0.4, 0.5) is 5.69 Å². The van der Waals surface area contributed by atoms with Crippen molar-refractivity contribution in [3.63, 3.8) is 0 Å². The summed E-state index contributed by atoms with van der Waals surface area (Å²) in [4.78, 5) is 12.4. The van der Waals surface area contributed by atoms with Gasteiger partial charge in [0, 0.05) is 12.1 Å². The number of anilines is 1. The maximum absolute atomic E-state index is 12.4. The van der Waals surface area contributed by atoms with E-state index in [1.807, 2.05) is 6.92 Å². The molecule has 1 amide bonds. The topological polar surface area (TPSA) is 84.6 Å². The zero-order chi connectivity index (χ0) is 17.8. The van der Waals surface area contributed by atoms with Crippen molar-refractivity contribution in [3.05, 3.63) is 41.3 Å². The van der Waals surface area contributed by atoms with Gasteiger partial charge in [0.1, 0.15) is 23.2 Å². The van der Waals surface area contributed by atoms with Crippen molar-refractivity contribution in [3.8, 4) is 5.75 Å². The lowest BCUT2D eigenvalue weighted by molar-refractivity contribution is 0.00688. The lowest BCUT2D eigenvalue weighted by Crippen LogP contribution is -2.34. The van der Waals surface area contributed by atoms with Crippen molar-refractivity contribution in [2.75, 3.05) is 5.32 Å². The first-order valence-electron chi connectivity index (χ1n) is 8.79. The molecule has 1 aliphatic carbocycles. The Balaban J connectivity index is 1.64. The maximum atomic E-state index is 12.4. The van der Waals surface area contributed by atoms with Crippen molar-refractivity contribution in [2.24, 2.45) is 0 Å². The molecule has 1 aromatic heterocycles. The van der Waals surface area contributed by atoms with Crippen LogP contribution in [0.2, 0.25) is 0 Å². The van der Waals surface area contributed by atoms with Crippen LogP contribution in [0.5, 0.6) is 5.75 Å². The third-order valence-corrected chi connectivity index (χ3v) is 4.55. The highest BCUT2D eigenvalue weighted by Gasteiger charge is 2.24. The van der Waals surface area contributed by atoms with Gasteiger partial charge in [0.05, 0.1) is 11.8 Å². The molecule has 1 aromatic carbocycles. The van der Waals surface area contributed by atoms with Crippen LogP contribution in [0.15, 0.2) is 28.8 Å². The second-order valence-corrected chi connectivity index (χ2v) is 6.41. The van der Waals surface area contributed by atoms with Gasteiger partial charge < -0.3 is 19.7 Å². The lowest BCUT2D eigenvalue weighted by atomic mass is 9.95. The minimum absolute atomic E-state index is 0.152. The molecule has 1 saturated carbocycles. The highest BCUT2D eigenvalue weighted by atomic mass is 16.5. The van der Waals surface area contributed by atoms with Gasteiger partial charge in [-0.25, -0.2) is 0 Å². The van der Waals surface area contributed by atoms with E-state index in [4.69, 9.17) is 9.26 Å². The monoisotopic (exact) mass is 344 g/mol. The average Bonchev–Trinajstić information content (AvgIpc) is 2.99. The molecule has 6 nitrogen and oxygen atoms in total. The van der Waals surface area contributed by atoms with Crippen molar-refractivity contribution >= 4 is 11.6 Å². The summed E-state index contributed by atoms with van der Waals surface area (Å²) in [7, 11) is 0. The second-order valence-electron chi connectivity index (χ2n) is 6.41. The van der Waals surface area contributed by atoms with Crippen molar-refractivity contribution < 1.29 is 19.2 Å². The quantitative estimate of drug-likeness (QED) is 0.867. The molecule has 0 saturated heterocycles. The fourth-order valence-corrected chi connectivity index (χ4v) is 3.15. The predicted octanol–water partition coefficient (Wildman–Crippen LogP) is 3.48. The number of rotatable bonds is 5. The SMILES string of the molecule is CCc1onc(C)c1C(=O)Nc1ccc(O[C@@H]2CCCC[C@H]2O)cc1. The van der Waals surface area contributed by atoms with Gasteiger partial charge in [-0.15, -0.1) is 0 Å². The van der Waals surface area contributed by atoms with Crippen LogP contribution in [0.3, 0.4) is 0 Å². The number of nitrogens with zero attached hydrogens (tertiary/aromatic N) is 1. The molecule has 0 aliphatic heterocycles. The molecule has 2 N–H and O–H groups in total. The third-order valence-electron chi connectivity index (χ3n) is 4.55. The Bertz CT molecular complexity index is 724. The number of benzene rings is 1. The van der Waals surface area contributed by atoms with Crippen LogP contribution >= 0.6 is 0 Å². The molecule has 1 aliphatic rings. The Hall–Kier alpha value is -2.34. The minimum Gasteiger partial charge on any atom is -0.488 e. The van der Waals surface area contributed by atoms with Gasteiger partial charge in [0.2, 0.25) is 0 Å². The summed E-state index contributed by atoms with van der Waals surface area (Å²) >= 11 is 0. The molecule has 6 heteroatoms. The van der Waals surface area contributed by atoms with E-state index < -0.39 is 6.10 Å². The zero-order valence-corrected chi connectivity index (χ0v) is 14.6. The van der Waals surface area contributed by atoms with Gasteiger partial charge in [0.15, 0.2) is 0 Å². The van der Waals surface area contributed by atoms with Gasteiger partial charge in [-0.2, -0.15) is 0 Å². The fraction of sp³-hybridized carbons (Fsp3) is 0.474. The second kappa shape index (κ2) is 7.70. The number of hydrogen-bond donors (Lipinski definition) is 2. The molecule has 1 heterocycles. The number of hydrogen-bond acceptors (Lipinski definition) is 5. The molecule has 134 valence electrons. The molecule has 2 atom stereocenters. The van der Waals surface area contributed by atoms with E-state index in [0.29, 0.717) is 34.9 Å². The van der Waals surface area contributed by atoms with Gasteiger partial charge >= 0.3 is 0 Å². The van der Waals surface area contributed by atoms with E-state index in [9.17, 15) is 9.90 Å². The first kappa shape index (κ1) is 17.5. The summed E-state index contributed by atoms with van der Waals surface area (Å²) in [5.74, 6) is 1.05. The standard InChI is InChI=1S/C19H24N2O4/c1-3-16-18(12(2)21-25-16)19(23)20-13-8-10-14(11-9-13)24-17-7-5-4-6-15(17)22/h8-11,15,17,22H,3-7H2,1-2H3,(H,20,23)/t15-,17-/m1/s1. The van der Waals surface area contributed by atoms with E-state index in [0.717, 1.165) is 25.7 Å². The predicted molar refractivity (Wildman–Crippen MR) is 93.9 cm³/mol. The van der Waals surface area contributed by atoms with E-state index in [2.05, 4.69) is 10.5 Å². The van der Waals surface area contributed by atoms with E-state index in [-0.39, 0.29) is 12.0 Å². The molecule has 2 aromatic rings. The highest BCUT2D eigenvalue weighted by molar-refractivity contribution is 6.05. The van der Waals surface area contributed by atoms with Crippen molar-refractivity contribution in [2.45, 2.75) is 58.2 Å². The molecule has 0 spiro atoms. The Kier molecular flexibility index (Phi) is 5.38. The molecular formula is C19H24N2O4. The molecule has 0 bridgehead atoms. The van der Waals surface area contributed by atoms with Crippen LogP contribution in [0.25, 0.3) is 0 Å². The maximum Gasteiger partial charge on any atom is 0.261 e. The number of carbonyl (C=O) groups is 1. The first-order valence-corrected chi connectivity index (χ1v) is 8.79. The number of carbonyl (C=O) groups excluding carboxylic acids is 1. The van der Waals surface area contributed by atoms with Crippen molar-refractivity contribution in [1.82, 2.24) is 5.16 Å². The van der Waals surface area contributed by atoms with Crippen LogP contribution in [0, 0.1) is 6.92 Å². The number of aromatic nitrogens is 1. The summed E-state index contributed by atoms with van der Waals surface area (Å²) in [6.07, 6.45) is 3.84. The summed E-state index contributed by atoms with van der Waals surface area (Å²) in [5, 5.41) is 16.7. The Morgan fingerprint density at radius 1 is 1.32 bits per heavy atom. The third kappa shape index (κ3) is 4.02. The average molecular weight is 344 g/mol. The minimum atomic E-state index is -0.405. The van der Waals surface area contributed by atoms with E-state index >= 15 is 0 Å². The van der Waals surface area contributed by atoms with Gasteiger partial charge in [-0.1, -0.05) is 18.5 Å². The summed E-state index contributed by atoms with van der Waals surface area (Å²) < 4.78 is 11.0. The Morgan fingerprint density at radius 2 is 2.04 bits per heavy atom. The largest absolute Gasteiger partial charge is 0.488 e. The number of nitrogens with one attached hydrogen (secondary N) is 1. The Morgan fingerprint density at radius 3 is 2.72 bits per heavy atom. The molecule has 0 unspecified atom stereocenters. The number of aliphatic hydroxyl groups excluding tert-OH is 1. The van der Waals surface area contributed by atoms with E-state index in [1.54, 1.807) is 31.2 Å². The van der Waals surface area contributed by atoms with Crippen LogP contribution in [-0.2, 0) is 6.42 Å². The van der Waals surface area contributed by atoms with Gasteiger partial charge in [0.25, 0.3) is 5.91 Å². The van der Waals surface area contributed by atoms with Gasteiger partial charge in [-0.05, 0) is 50.5 Å². The summed E-state index contributed by atoms with van der Waals surface area (Å²) in [6, 6.07) is 7.18. The van der Waals surface area contributed by atoms with Gasteiger partial charge in [-0.3, -0.25) is 4.79 Å².